The third-order valence-electron chi connectivity index (χ3n) is 5.66. The monoisotopic (exact) mass is 434 g/mol. The van der Waals surface area contributed by atoms with Crippen molar-refractivity contribution in [2.75, 3.05) is 6.54 Å². The van der Waals surface area contributed by atoms with Gasteiger partial charge in [-0.2, -0.15) is 0 Å². The number of amides is 1. The molecule has 1 aromatic heterocycles. The Morgan fingerprint density at radius 3 is 2.62 bits per heavy atom. The highest BCUT2D eigenvalue weighted by Crippen LogP contribution is 2.28. The van der Waals surface area contributed by atoms with Gasteiger partial charge in [0.15, 0.2) is 9.84 Å². The minimum Gasteiger partial charge on any atom is -0.334 e. The molecule has 1 saturated heterocycles. The molecule has 1 fully saturated rings. The third-order valence-corrected chi connectivity index (χ3v) is 7.92. The van der Waals surface area contributed by atoms with E-state index in [4.69, 9.17) is 11.6 Å². The summed E-state index contributed by atoms with van der Waals surface area (Å²) >= 11 is 6.15. The molecule has 2 atom stereocenters. The summed E-state index contributed by atoms with van der Waals surface area (Å²) in [4.78, 5) is 19.4. The molecule has 0 N–H and O–H groups in total. The Hall–Kier alpha value is -1.92. The third kappa shape index (κ3) is 4.81. The predicted octanol–water partition coefficient (Wildman–Crippen LogP) is 4.67. The smallest absolute Gasteiger partial charge is 0.272 e. The molecule has 1 amide bonds. The van der Waals surface area contributed by atoms with E-state index in [9.17, 15) is 13.2 Å². The summed E-state index contributed by atoms with van der Waals surface area (Å²) in [5, 5.41) is 0.199. The van der Waals surface area contributed by atoms with E-state index in [1.165, 1.54) is 0 Å². The van der Waals surface area contributed by atoms with Crippen molar-refractivity contribution in [2.24, 2.45) is 5.92 Å². The summed E-state index contributed by atoms with van der Waals surface area (Å²) < 4.78 is 25.9. The lowest BCUT2D eigenvalue weighted by Gasteiger charge is -2.37. The molecule has 156 valence electrons. The topological polar surface area (TPSA) is 67.3 Å². The molecule has 2 aromatic rings. The second-order valence-corrected chi connectivity index (χ2v) is 10.2. The summed E-state index contributed by atoms with van der Waals surface area (Å²) in [6.07, 6.45) is 3.15. The van der Waals surface area contributed by atoms with E-state index >= 15 is 0 Å². The summed E-state index contributed by atoms with van der Waals surface area (Å²) in [5.41, 5.74) is 1.22. The molecule has 1 aliphatic heterocycles. The molecule has 0 bridgehead atoms. The molecule has 0 radical (unpaired) electrons. The highest BCUT2D eigenvalue weighted by molar-refractivity contribution is 7.90. The number of hydrogen-bond acceptors (Lipinski definition) is 4. The molecule has 0 saturated carbocycles. The first kappa shape index (κ1) is 21.8. The molecule has 2 unspecified atom stereocenters. The zero-order valence-corrected chi connectivity index (χ0v) is 18.6. The summed E-state index contributed by atoms with van der Waals surface area (Å²) in [5.74, 6) is 0.0666. The van der Waals surface area contributed by atoms with Crippen LogP contribution in [0.1, 0.15) is 54.9 Å². The number of likely N-dealkylation sites (tertiary alicyclic amines) is 1. The first-order chi connectivity index (χ1) is 13.7. The standard InChI is InChI=1S/C22H27ClN2O3S/c1-4-17-12-11-16(3)25(13-17)22(26)20-10-6-8-18(24-20)14-29(27,28)21-15(2)7-5-9-19(21)23/h5-10,16-17H,4,11-14H2,1-3H3. The Labute approximate surface area is 178 Å². The van der Waals surface area contributed by atoms with Crippen molar-refractivity contribution in [2.45, 2.75) is 56.7 Å². The van der Waals surface area contributed by atoms with Crippen molar-refractivity contribution in [1.82, 2.24) is 9.88 Å². The number of nitrogens with zero attached hydrogens (tertiary/aromatic N) is 2. The van der Waals surface area contributed by atoms with E-state index in [2.05, 4.69) is 18.8 Å². The quantitative estimate of drug-likeness (QED) is 0.685. The molecule has 29 heavy (non-hydrogen) atoms. The van der Waals surface area contributed by atoms with E-state index in [0.29, 0.717) is 17.2 Å². The maximum absolute atomic E-state index is 13.1. The highest BCUT2D eigenvalue weighted by Gasteiger charge is 2.30. The van der Waals surface area contributed by atoms with Crippen LogP contribution in [-0.2, 0) is 15.6 Å². The van der Waals surface area contributed by atoms with Gasteiger partial charge in [-0.3, -0.25) is 4.79 Å². The van der Waals surface area contributed by atoms with Crippen LogP contribution in [0.5, 0.6) is 0 Å². The van der Waals surface area contributed by atoms with Crippen molar-refractivity contribution in [3.05, 3.63) is 58.4 Å². The van der Waals surface area contributed by atoms with Gasteiger partial charge < -0.3 is 4.90 Å². The van der Waals surface area contributed by atoms with Crippen molar-refractivity contribution in [3.63, 3.8) is 0 Å². The maximum atomic E-state index is 13.1. The van der Waals surface area contributed by atoms with E-state index in [0.717, 1.165) is 25.8 Å². The van der Waals surface area contributed by atoms with Crippen LogP contribution < -0.4 is 0 Å². The fourth-order valence-electron chi connectivity index (χ4n) is 3.90. The number of halogens is 1. The minimum absolute atomic E-state index is 0.121. The molecule has 5 nitrogen and oxygen atoms in total. The lowest BCUT2D eigenvalue weighted by atomic mass is 9.91. The molecular weight excluding hydrogens is 408 g/mol. The van der Waals surface area contributed by atoms with Crippen molar-refractivity contribution >= 4 is 27.3 Å². The minimum atomic E-state index is -3.68. The molecule has 3 rings (SSSR count). The van der Waals surface area contributed by atoms with Crippen molar-refractivity contribution in [3.8, 4) is 0 Å². The number of aryl methyl sites for hydroxylation is 1. The first-order valence-electron chi connectivity index (χ1n) is 9.97. The van der Waals surface area contributed by atoms with Gasteiger partial charge in [0, 0.05) is 12.6 Å². The zero-order valence-electron chi connectivity index (χ0n) is 17.1. The van der Waals surface area contributed by atoms with Crippen molar-refractivity contribution in [1.29, 1.82) is 0 Å². The fourth-order valence-corrected chi connectivity index (χ4v) is 6.09. The van der Waals surface area contributed by atoms with Gasteiger partial charge in [0.2, 0.25) is 0 Å². The van der Waals surface area contributed by atoms with E-state index in [1.54, 1.807) is 43.3 Å². The Morgan fingerprint density at radius 2 is 1.93 bits per heavy atom. The normalized spacial score (nSPS) is 19.9. The second kappa shape index (κ2) is 8.84. The average Bonchev–Trinajstić information content (AvgIpc) is 2.67. The Kier molecular flexibility index (Phi) is 6.64. The largest absolute Gasteiger partial charge is 0.334 e. The Morgan fingerprint density at radius 1 is 1.21 bits per heavy atom. The molecule has 0 spiro atoms. The Bertz CT molecular complexity index is 987. The highest BCUT2D eigenvalue weighted by atomic mass is 35.5. The lowest BCUT2D eigenvalue weighted by molar-refractivity contribution is 0.0550. The van der Waals surface area contributed by atoms with Gasteiger partial charge in [-0.1, -0.05) is 43.1 Å². The van der Waals surface area contributed by atoms with Crippen LogP contribution in [0.3, 0.4) is 0 Å². The number of carbonyl (C=O) groups is 1. The van der Waals surface area contributed by atoms with Gasteiger partial charge in [-0.25, -0.2) is 13.4 Å². The van der Waals surface area contributed by atoms with Crippen molar-refractivity contribution < 1.29 is 13.2 Å². The summed E-state index contributed by atoms with van der Waals surface area (Å²) in [6, 6.07) is 10.1. The number of carbonyl (C=O) groups excluding carboxylic acids is 1. The van der Waals surface area contributed by atoms with Crippen LogP contribution in [0.2, 0.25) is 5.02 Å². The van der Waals surface area contributed by atoms with E-state index < -0.39 is 9.84 Å². The van der Waals surface area contributed by atoms with E-state index in [1.807, 2.05) is 4.90 Å². The van der Waals surface area contributed by atoms with E-state index in [-0.39, 0.29) is 33.3 Å². The van der Waals surface area contributed by atoms with Gasteiger partial charge in [0.25, 0.3) is 5.91 Å². The number of benzene rings is 1. The van der Waals surface area contributed by atoms with Gasteiger partial charge in [0.1, 0.15) is 5.69 Å². The average molecular weight is 435 g/mol. The van der Waals surface area contributed by atoms with Gasteiger partial charge in [-0.05, 0) is 56.4 Å². The fraction of sp³-hybridized carbons (Fsp3) is 0.455. The molecule has 7 heteroatoms. The van der Waals surface area contributed by atoms with Crippen LogP contribution in [0, 0.1) is 12.8 Å². The van der Waals surface area contributed by atoms with Gasteiger partial charge in [-0.15, -0.1) is 0 Å². The predicted molar refractivity (Wildman–Crippen MR) is 115 cm³/mol. The number of rotatable bonds is 5. The second-order valence-electron chi connectivity index (χ2n) is 7.82. The molecular formula is C22H27ClN2O3S. The maximum Gasteiger partial charge on any atom is 0.272 e. The summed E-state index contributed by atoms with van der Waals surface area (Å²) in [7, 11) is -3.68. The summed E-state index contributed by atoms with van der Waals surface area (Å²) in [6.45, 7) is 6.63. The molecule has 0 aliphatic carbocycles. The number of aromatic nitrogens is 1. The zero-order chi connectivity index (χ0) is 21.2. The number of pyridine rings is 1. The van der Waals surface area contributed by atoms with Gasteiger partial charge in [0.05, 0.1) is 21.4 Å². The van der Waals surface area contributed by atoms with Crippen LogP contribution in [-0.4, -0.2) is 36.8 Å². The number of piperidine rings is 1. The first-order valence-corrected chi connectivity index (χ1v) is 12.0. The van der Waals surface area contributed by atoms with Gasteiger partial charge >= 0.3 is 0 Å². The van der Waals surface area contributed by atoms with Crippen LogP contribution in [0.4, 0.5) is 0 Å². The Balaban J connectivity index is 1.85. The van der Waals surface area contributed by atoms with Crippen LogP contribution in [0.25, 0.3) is 0 Å². The number of hydrogen-bond donors (Lipinski definition) is 0. The molecule has 1 aromatic carbocycles. The van der Waals surface area contributed by atoms with Crippen LogP contribution in [0.15, 0.2) is 41.3 Å². The number of sulfone groups is 1. The SMILES string of the molecule is CCC1CCC(C)N(C(=O)c2cccc(CS(=O)(=O)c3c(C)cccc3Cl)n2)C1. The molecule has 2 heterocycles. The van der Waals surface area contributed by atoms with Crippen LogP contribution >= 0.6 is 11.6 Å². The lowest BCUT2D eigenvalue weighted by Crippen LogP contribution is -2.45. The molecule has 1 aliphatic rings.